The second-order valence-corrected chi connectivity index (χ2v) is 7.63. The molecule has 0 saturated carbocycles. The van der Waals surface area contributed by atoms with Crippen LogP contribution in [0.3, 0.4) is 0 Å². The molecule has 0 aromatic heterocycles. The maximum atomic E-state index is 12.9. The highest BCUT2D eigenvalue weighted by Crippen LogP contribution is 2.44. The van der Waals surface area contributed by atoms with Crippen LogP contribution in [0.1, 0.15) is 40.0 Å². The predicted molar refractivity (Wildman–Crippen MR) is 92.9 cm³/mol. The number of aliphatic hydroxyl groups is 1. The molecule has 6 nitrogen and oxygen atoms in total. The van der Waals surface area contributed by atoms with Crippen LogP contribution in [0.25, 0.3) is 0 Å². The van der Waals surface area contributed by atoms with Crippen molar-refractivity contribution in [3.8, 4) is 0 Å². The number of allylic oxidation sites excluding steroid dienone is 1. The van der Waals surface area contributed by atoms with Crippen LogP contribution in [0.5, 0.6) is 0 Å². The maximum absolute atomic E-state index is 12.9. The first-order valence-corrected chi connectivity index (χ1v) is 8.84. The SMILES string of the molecule is C=C(C)C1CC2OC1(O)C(=O)C(C)CC(=O)C=C(C)CC1C=C2C(=O)O1. The number of carbonyl (C=O) groups excluding carboxylic acids is 3. The Morgan fingerprint density at radius 3 is 2.65 bits per heavy atom. The van der Waals surface area contributed by atoms with Crippen molar-refractivity contribution in [2.75, 3.05) is 0 Å². The molecule has 140 valence electrons. The largest absolute Gasteiger partial charge is 0.454 e. The van der Waals surface area contributed by atoms with Crippen molar-refractivity contribution in [3.63, 3.8) is 0 Å². The van der Waals surface area contributed by atoms with Gasteiger partial charge in [-0.25, -0.2) is 4.79 Å². The number of ketones is 2. The lowest BCUT2D eigenvalue weighted by molar-refractivity contribution is -0.207. The average Bonchev–Trinajstić information content (AvgIpc) is 3.06. The minimum atomic E-state index is -2.10. The fourth-order valence-electron chi connectivity index (χ4n) is 3.98. The molecule has 5 atom stereocenters. The number of esters is 1. The molecule has 1 saturated heterocycles. The van der Waals surface area contributed by atoms with Crippen LogP contribution in [0.4, 0.5) is 0 Å². The Kier molecular flexibility index (Phi) is 4.75. The van der Waals surface area contributed by atoms with Crippen molar-refractivity contribution in [2.24, 2.45) is 11.8 Å². The summed E-state index contributed by atoms with van der Waals surface area (Å²) < 4.78 is 11.1. The van der Waals surface area contributed by atoms with Crippen LogP contribution in [0, 0.1) is 11.8 Å². The quantitative estimate of drug-likeness (QED) is 0.568. The summed E-state index contributed by atoms with van der Waals surface area (Å²) in [5.74, 6) is -4.73. The first-order valence-electron chi connectivity index (χ1n) is 8.84. The molecular weight excluding hydrogens is 336 g/mol. The van der Waals surface area contributed by atoms with E-state index >= 15 is 0 Å². The van der Waals surface area contributed by atoms with Gasteiger partial charge in [0.1, 0.15) is 6.10 Å². The zero-order valence-corrected chi connectivity index (χ0v) is 15.3. The summed E-state index contributed by atoms with van der Waals surface area (Å²) in [4.78, 5) is 37.5. The van der Waals surface area contributed by atoms with Gasteiger partial charge in [-0.1, -0.05) is 24.6 Å². The highest BCUT2D eigenvalue weighted by Gasteiger charge is 2.56. The van der Waals surface area contributed by atoms with E-state index in [9.17, 15) is 19.5 Å². The molecule has 5 unspecified atom stereocenters. The molecule has 0 radical (unpaired) electrons. The molecule has 3 heterocycles. The molecule has 0 aliphatic carbocycles. The minimum absolute atomic E-state index is 0.0137. The Bertz CT molecular complexity index is 745. The summed E-state index contributed by atoms with van der Waals surface area (Å²) in [6.07, 6.45) is 2.58. The highest BCUT2D eigenvalue weighted by atomic mass is 16.6. The van der Waals surface area contributed by atoms with E-state index in [4.69, 9.17) is 9.47 Å². The fraction of sp³-hybridized carbons (Fsp3) is 0.550. The zero-order valence-electron chi connectivity index (χ0n) is 15.3. The van der Waals surface area contributed by atoms with E-state index in [0.717, 1.165) is 5.57 Å². The molecule has 1 fully saturated rings. The number of fused-ring (bicyclic) bond motifs is 4. The van der Waals surface area contributed by atoms with Crippen LogP contribution in [-0.4, -0.2) is 40.6 Å². The fourth-order valence-corrected chi connectivity index (χ4v) is 3.98. The summed E-state index contributed by atoms with van der Waals surface area (Å²) in [6, 6.07) is 0. The molecule has 3 rings (SSSR count). The smallest absolute Gasteiger partial charge is 0.337 e. The summed E-state index contributed by atoms with van der Waals surface area (Å²) >= 11 is 0. The highest BCUT2D eigenvalue weighted by molar-refractivity contribution is 5.97. The van der Waals surface area contributed by atoms with Gasteiger partial charge in [0.2, 0.25) is 5.79 Å². The molecule has 4 bridgehead atoms. The minimum Gasteiger partial charge on any atom is -0.454 e. The number of hydrogen-bond donors (Lipinski definition) is 1. The van der Waals surface area contributed by atoms with Gasteiger partial charge in [-0.2, -0.15) is 0 Å². The normalized spacial score (nSPS) is 37.9. The maximum Gasteiger partial charge on any atom is 0.337 e. The Morgan fingerprint density at radius 1 is 1.31 bits per heavy atom. The van der Waals surface area contributed by atoms with E-state index < -0.39 is 41.6 Å². The van der Waals surface area contributed by atoms with E-state index in [2.05, 4.69) is 6.58 Å². The molecule has 3 aliphatic rings. The van der Waals surface area contributed by atoms with Gasteiger partial charge in [-0.05, 0) is 32.4 Å². The van der Waals surface area contributed by atoms with Gasteiger partial charge in [-0.15, -0.1) is 0 Å². The molecule has 0 aromatic carbocycles. The summed E-state index contributed by atoms with van der Waals surface area (Å²) in [7, 11) is 0. The van der Waals surface area contributed by atoms with Crippen molar-refractivity contribution in [1.82, 2.24) is 0 Å². The van der Waals surface area contributed by atoms with E-state index in [1.165, 1.54) is 6.08 Å². The lowest BCUT2D eigenvalue weighted by Crippen LogP contribution is -2.47. The molecule has 0 spiro atoms. The Morgan fingerprint density at radius 2 is 2.00 bits per heavy atom. The number of ether oxygens (including phenoxy) is 2. The number of Topliss-reactive ketones (excluding diaryl/α,β-unsaturated/α-hetero) is 1. The van der Waals surface area contributed by atoms with E-state index in [0.29, 0.717) is 17.6 Å². The van der Waals surface area contributed by atoms with Crippen molar-refractivity contribution < 1.29 is 29.0 Å². The van der Waals surface area contributed by atoms with E-state index in [1.807, 2.05) is 0 Å². The second-order valence-electron chi connectivity index (χ2n) is 7.63. The number of rotatable bonds is 1. The van der Waals surface area contributed by atoms with Crippen LogP contribution in [-0.2, 0) is 23.9 Å². The van der Waals surface area contributed by atoms with Gasteiger partial charge in [-0.3, -0.25) is 9.59 Å². The second kappa shape index (κ2) is 6.59. The lowest BCUT2D eigenvalue weighted by atomic mass is 9.82. The topological polar surface area (TPSA) is 89.9 Å². The van der Waals surface area contributed by atoms with Crippen molar-refractivity contribution in [3.05, 3.63) is 35.5 Å². The predicted octanol–water partition coefficient (Wildman–Crippen LogP) is 2.02. The third-order valence-corrected chi connectivity index (χ3v) is 5.28. The first-order chi connectivity index (χ1) is 12.1. The van der Waals surface area contributed by atoms with Crippen LogP contribution in [0.15, 0.2) is 35.5 Å². The van der Waals surface area contributed by atoms with E-state index in [-0.39, 0.29) is 18.6 Å². The molecule has 26 heavy (non-hydrogen) atoms. The molecular formula is C20H24O6. The van der Waals surface area contributed by atoms with Crippen LogP contribution >= 0.6 is 0 Å². The monoisotopic (exact) mass is 360 g/mol. The molecule has 0 amide bonds. The molecule has 0 aromatic rings. The summed E-state index contributed by atoms with van der Waals surface area (Å²) in [6.45, 7) is 8.97. The van der Waals surface area contributed by atoms with Crippen molar-refractivity contribution in [2.45, 2.75) is 58.0 Å². The Labute approximate surface area is 152 Å². The van der Waals surface area contributed by atoms with Crippen LogP contribution < -0.4 is 0 Å². The molecule has 1 N–H and O–H groups in total. The van der Waals surface area contributed by atoms with Crippen LogP contribution in [0.2, 0.25) is 0 Å². The first kappa shape index (κ1) is 18.7. The van der Waals surface area contributed by atoms with Gasteiger partial charge >= 0.3 is 5.97 Å². The van der Waals surface area contributed by atoms with Gasteiger partial charge in [0.25, 0.3) is 0 Å². The van der Waals surface area contributed by atoms with Gasteiger partial charge < -0.3 is 14.6 Å². The summed E-state index contributed by atoms with van der Waals surface area (Å²) in [5.41, 5.74) is 1.68. The third-order valence-electron chi connectivity index (χ3n) is 5.28. The van der Waals surface area contributed by atoms with Gasteiger partial charge in [0.15, 0.2) is 11.6 Å². The zero-order chi connectivity index (χ0) is 19.2. The molecule has 6 heteroatoms. The Balaban J connectivity index is 2.05. The molecule has 3 aliphatic heterocycles. The van der Waals surface area contributed by atoms with E-state index in [1.54, 1.807) is 26.8 Å². The number of hydrogen-bond acceptors (Lipinski definition) is 6. The standard InChI is InChI=1S/C20H24O6/c1-10(2)16-9-17-15-8-14(25-19(15)23)6-11(3)5-13(21)7-12(4)18(22)20(16,24)26-17/h5,8,12,14,16-17,24H,1,6-7,9H2,2-4H3. The number of carbonyl (C=O) groups is 3. The lowest BCUT2D eigenvalue weighted by Gasteiger charge is -2.30. The van der Waals surface area contributed by atoms with Gasteiger partial charge in [0.05, 0.1) is 11.7 Å². The van der Waals surface area contributed by atoms with Gasteiger partial charge in [0, 0.05) is 24.7 Å². The summed E-state index contributed by atoms with van der Waals surface area (Å²) in [5, 5.41) is 11.1. The average molecular weight is 360 g/mol. The third kappa shape index (κ3) is 3.19. The van der Waals surface area contributed by atoms with Crippen molar-refractivity contribution >= 4 is 17.5 Å². The Hall–Kier alpha value is -2.05. The van der Waals surface area contributed by atoms with Crippen molar-refractivity contribution in [1.29, 1.82) is 0 Å².